The number of rotatable bonds is 6. The summed E-state index contributed by atoms with van der Waals surface area (Å²) < 4.78 is 5.85. The number of hydrogen-bond acceptors (Lipinski definition) is 3. The van der Waals surface area contributed by atoms with Crippen molar-refractivity contribution in [2.45, 2.75) is 26.4 Å². The van der Waals surface area contributed by atoms with Crippen LogP contribution in [-0.2, 0) is 4.79 Å². The molecule has 0 saturated heterocycles. The fraction of sp³-hybridized carbons (Fsp3) is 0.200. The quantitative estimate of drug-likeness (QED) is 0.633. The van der Waals surface area contributed by atoms with Gasteiger partial charge in [-0.25, -0.2) is 0 Å². The van der Waals surface area contributed by atoms with E-state index in [0.29, 0.717) is 17.0 Å². The number of para-hydroxylation sites is 2. The largest absolute Gasteiger partial charge is 0.490 e. The van der Waals surface area contributed by atoms with Gasteiger partial charge in [0.15, 0.2) is 0 Å². The number of nitriles is 1. The number of benzene rings is 2. The number of nitrogens with zero attached hydrogens (tertiary/aromatic N) is 1. The van der Waals surface area contributed by atoms with Crippen LogP contribution in [0.5, 0.6) is 5.75 Å². The van der Waals surface area contributed by atoms with E-state index in [1.165, 1.54) is 0 Å². The van der Waals surface area contributed by atoms with E-state index in [-0.39, 0.29) is 11.7 Å². The summed E-state index contributed by atoms with van der Waals surface area (Å²) in [7, 11) is 0. The molecule has 122 valence electrons. The molecule has 0 bridgehead atoms. The van der Waals surface area contributed by atoms with E-state index in [1.807, 2.05) is 62.4 Å². The second kappa shape index (κ2) is 8.54. The maximum absolute atomic E-state index is 12.3. The lowest BCUT2D eigenvalue weighted by Crippen LogP contribution is -2.14. The van der Waals surface area contributed by atoms with Gasteiger partial charge in [0.2, 0.25) is 0 Å². The van der Waals surface area contributed by atoms with Crippen molar-refractivity contribution in [2.75, 3.05) is 5.32 Å². The molecule has 0 aliphatic carbocycles. The number of nitrogens with one attached hydrogen (secondary N) is 1. The number of amides is 1. The van der Waals surface area contributed by atoms with Gasteiger partial charge in [-0.1, -0.05) is 43.3 Å². The van der Waals surface area contributed by atoms with Crippen molar-refractivity contribution in [3.8, 4) is 11.8 Å². The normalized spacial score (nSPS) is 12.1. The molecule has 0 aromatic heterocycles. The molecule has 0 heterocycles. The number of hydrogen-bond donors (Lipinski definition) is 1. The molecule has 0 aliphatic rings. The zero-order valence-corrected chi connectivity index (χ0v) is 13.8. The van der Waals surface area contributed by atoms with Crippen LogP contribution in [0, 0.1) is 11.3 Å². The van der Waals surface area contributed by atoms with Crippen molar-refractivity contribution >= 4 is 17.7 Å². The monoisotopic (exact) mass is 320 g/mol. The molecule has 0 spiro atoms. The minimum atomic E-state index is -0.443. The second-order valence-corrected chi connectivity index (χ2v) is 5.36. The first-order valence-corrected chi connectivity index (χ1v) is 7.88. The predicted molar refractivity (Wildman–Crippen MR) is 95.5 cm³/mol. The van der Waals surface area contributed by atoms with Gasteiger partial charge in [0.25, 0.3) is 5.91 Å². The zero-order chi connectivity index (χ0) is 17.4. The Bertz CT molecular complexity index is 761. The third-order valence-corrected chi connectivity index (χ3v) is 3.52. The summed E-state index contributed by atoms with van der Waals surface area (Å²) in [5.41, 5.74) is 1.38. The van der Waals surface area contributed by atoms with Crippen LogP contribution in [0.25, 0.3) is 6.08 Å². The van der Waals surface area contributed by atoms with Gasteiger partial charge in [-0.05, 0) is 37.6 Å². The molecule has 1 amide bonds. The Morgan fingerprint density at radius 1 is 1.21 bits per heavy atom. The summed E-state index contributed by atoms with van der Waals surface area (Å²) in [6, 6.07) is 18.4. The van der Waals surface area contributed by atoms with Crippen LogP contribution in [0.2, 0.25) is 0 Å². The molecule has 0 unspecified atom stereocenters. The van der Waals surface area contributed by atoms with Crippen molar-refractivity contribution in [2.24, 2.45) is 0 Å². The summed E-state index contributed by atoms with van der Waals surface area (Å²) in [5, 5.41) is 12.0. The number of anilines is 1. The Balaban J connectivity index is 2.24. The van der Waals surface area contributed by atoms with Crippen LogP contribution in [0.1, 0.15) is 25.8 Å². The molecule has 1 N–H and O–H groups in total. The highest BCUT2D eigenvalue weighted by atomic mass is 16.5. The van der Waals surface area contributed by atoms with E-state index >= 15 is 0 Å². The highest BCUT2D eigenvalue weighted by molar-refractivity contribution is 6.09. The highest BCUT2D eigenvalue weighted by Gasteiger charge is 2.12. The van der Waals surface area contributed by atoms with Gasteiger partial charge >= 0.3 is 0 Å². The lowest BCUT2D eigenvalue weighted by Gasteiger charge is -2.14. The van der Waals surface area contributed by atoms with Gasteiger partial charge in [-0.15, -0.1) is 0 Å². The number of carbonyl (C=O) groups excluding carboxylic acids is 1. The molecule has 0 radical (unpaired) electrons. The first-order chi connectivity index (χ1) is 11.6. The summed E-state index contributed by atoms with van der Waals surface area (Å²) in [6.07, 6.45) is 2.48. The Morgan fingerprint density at radius 2 is 1.88 bits per heavy atom. The lowest BCUT2D eigenvalue weighted by atomic mass is 10.1. The number of ether oxygens (including phenoxy) is 1. The lowest BCUT2D eigenvalue weighted by molar-refractivity contribution is -0.112. The molecule has 2 aromatic carbocycles. The average molecular weight is 320 g/mol. The molecule has 4 nitrogen and oxygen atoms in total. The van der Waals surface area contributed by atoms with Gasteiger partial charge in [0.1, 0.15) is 17.4 Å². The van der Waals surface area contributed by atoms with Gasteiger partial charge in [-0.2, -0.15) is 5.26 Å². The molecule has 0 aliphatic heterocycles. The van der Waals surface area contributed by atoms with Gasteiger partial charge in [0, 0.05) is 11.3 Å². The van der Waals surface area contributed by atoms with E-state index in [4.69, 9.17) is 4.74 Å². The molecule has 2 rings (SSSR count). The third kappa shape index (κ3) is 4.72. The van der Waals surface area contributed by atoms with Gasteiger partial charge < -0.3 is 10.1 Å². The van der Waals surface area contributed by atoms with Crippen LogP contribution in [0.4, 0.5) is 5.69 Å². The van der Waals surface area contributed by atoms with E-state index < -0.39 is 5.91 Å². The maximum atomic E-state index is 12.3. The van der Waals surface area contributed by atoms with Crippen LogP contribution >= 0.6 is 0 Å². The Labute approximate surface area is 142 Å². The van der Waals surface area contributed by atoms with Crippen molar-refractivity contribution in [1.82, 2.24) is 0 Å². The predicted octanol–water partition coefficient (Wildman–Crippen LogP) is 4.41. The fourth-order valence-corrected chi connectivity index (χ4v) is 2.03. The molecule has 24 heavy (non-hydrogen) atoms. The Hall–Kier alpha value is -3.06. The summed E-state index contributed by atoms with van der Waals surface area (Å²) >= 11 is 0. The molecule has 2 aromatic rings. The highest BCUT2D eigenvalue weighted by Crippen LogP contribution is 2.23. The van der Waals surface area contributed by atoms with Crippen molar-refractivity contribution in [3.63, 3.8) is 0 Å². The topological polar surface area (TPSA) is 62.1 Å². The van der Waals surface area contributed by atoms with E-state index in [0.717, 1.165) is 6.42 Å². The van der Waals surface area contributed by atoms with E-state index in [9.17, 15) is 10.1 Å². The Kier molecular flexibility index (Phi) is 6.16. The third-order valence-electron chi connectivity index (χ3n) is 3.52. The molecule has 1 atom stereocenters. The molecule has 4 heteroatoms. The molecular weight excluding hydrogens is 300 g/mol. The standard InChI is InChI=1S/C20H20N2O2/c1-3-15(2)24-19-12-8-7-9-16(19)13-17(14-21)20(23)22-18-10-5-4-6-11-18/h4-13,15H,3H2,1-2H3,(H,22,23)/b17-13+/t15-/m1/s1. The second-order valence-electron chi connectivity index (χ2n) is 5.36. The molecular formula is C20H20N2O2. The Morgan fingerprint density at radius 3 is 2.54 bits per heavy atom. The van der Waals surface area contributed by atoms with Crippen molar-refractivity contribution in [1.29, 1.82) is 5.26 Å². The van der Waals surface area contributed by atoms with Crippen LogP contribution in [-0.4, -0.2) is 12.0 Å². The first kappa shape index (κ1) is 17.3. The van der Waals surface area contributed by atoms with Crippen molar-refractivity contribution < 1.29 is 9.53 Å². The van der Waals surface area contributed by atoms with E-state index in [1.54, 1.807) is 18.2 Å². The fourth-order valence-electron chi connectivity index (χ4n) is 2.03. The minimum Gasteiger partial charge on any atom is -0.490 e. The van der Waals surface area contributed by atoms with Gasteiger partial charge in [-0.3, -0.25) is 4.79 Å². The van der Waals surface area contributed by atoms with Gasteiger partial charge in [0.05, 0.1) is 6.10 Å². The van der Waals surface area contributed by atoms with Crippen molar-refractivity contribution in [3.05, 3.63) is 65.7 Å². The minimum absolute atomic E-state index is 0.0269. The summed E-state index contributed by atoms with van der Waals surface area (Å²) in [4.78, 5) is 12.3. The summed E-state index contributed by atoms with van der Waals surface area (Å²) in [5.74, 6) is 0.217. The average Bonchev–Trinajstić information content (AvgIpc) is 2.61. The smallest absolute Gasteiger partial charge is 0.266 e. The maximum Gasteiger partial charge on any atom is 0.266 e. The number of carbonyl (C=O) groups is 1. The van der Waals surface area contributed by atoms with E-state index in [2.05, 4.69) is 5.32 Å². The van der Waals surface area contributed by atoms with Crippen LogP contribution in [0.15, 0.2) is 60.2 Å². The SMILES string of the molecule is CC[C@@H](C)Oc1ccccc1/C=C(\C#N)C(=O)Nc1ccccc1. The summed E-state index contributed by atoms with van der Waals surface area (Å²) in [6.45, 7) is 4.02. The van der Waals surface area contributed by atoms with Crippen LogP contribution < -0.4 is 10.1 Å². The molecule has 0 saturated carbocycles. The molecule has 0 fully saturated rings. The van der Waals surface area contributed by atoms with Crippen LogP contribution in [0.3, 0.4) is 0 Å². The zero-order valence-electron chi connectivity index (χ0n) is 13.8. The first-order valence-electron chi connectivity index (χ1n) is 7.88.